The second-order valence-electron chi connectivity index (χ2n) is 5.53. The molecule has 0 amide bonds. The van der Waals surface area contributed by atoms with E-state index in [2.05, 4.69) is 27.7 Å². The lowest BCUT2D eigenvalue weighted by Crippen LogP contribution is -1.97. The Hall–Kier alpha value is -0.520. The number of allylic oxidation sites excluding steroid dienone is 3. The molecule has 0 aliphatic carbocycles. The van der Waals surface area contributed by atoms with Gasteiger partial charge < -0.3 is 0 Å². The minimum absolute atomic E-state index is 0.859. The van der Waals surface area contributed by atoms with E-state index in [4.69, 9.17) is 6.58 Å². The van der Waals surface area contributed by atoms with Gasteiger partial charge in [0, 0.05) is 0 Å². The zero-order valence-corrected chi connectivity index (χ0v) is 11.6. The van der Waals surface area contributed by atoms with Gasteiger partial charge in [0.05, 0.1) is 0 Å². The third-order valence-corrected chi connectivity index (χ3v) is 3.13. The molecule has 16 heavy (non-hydrogen) atoms. The molecule has 0 aromatic heterocycles. The molecule has 1 unspecified atom stereocenters. The average molecular weight is 221 g/mol. The van der Waals surface area contributed by atoms with Crippen molar-refractivity contribution in [3.8, 4) is 0 Å². The van der Waals surface area contributed by atoms with Gasteiger partial charge >= 0.3 is 0 Å². The third-order valence-electron chi connectivity index (χ3n) is 3.13. The van der Waals surface area contributed by atoms with Crippen molar-refractivity contribution in [1.29, 1.82) is 0 Å². The Morgan fingerprint density at radius 1 is 1.06 bits per heavy atom. The van der Waals surface area contributed by atoms with E-state index in [0.29, 0.717) is 0 Å². The smallest absolute Gasteiger partial charge is 0.0320 e. The fourth-order valence-corrected chi connectivity index (χ4v) is 2.00. The van der Waals surface area contributed by atoms with Gasteiger partial charge in [0.2, 0.25) is 0 Å². The molecule has 0 saturated carbocycles. The first-order valence-corrected chi connectivity index (χ1v) is 6.77. The summed E-state index contributed by atoms with van der Waals surface area (Å²) < 4.78 is 0. The first-order chi connectivity index (χ1) is 7.56. The highest BCUT2D eigenvalue weighted by molar-refractivity contribution is 5.06. The monoisotopic (exact) mass is 221 g/mol. The van der Waals surface area contributed by atoms with Crippen LogP contribution < -0.4 is 0 Å². The first kappa shape index (κ1) is 15.5. The molecule has 1 radical (unpaired) electrons. The second kappa shape index (κ2) is 9.69. The van der Waals surface area contributed by atoms with Crippen LogP contribution in [0.15, 0.2) is 17.7 Å². The van der Waals surface area contributed by atoms with Crippen molar-refractivity contribution in [1.82, 2.24) is 0 Å². The highest BCUT2D eigenvalue weighted by atomic mass is 14.1. The molecule has 0 nitrogen and oxygen atoms in total. The zero-order chi connectivity index (χ0) is 12.4. The molecule has 0 aliphatic heterocycles. The molecule has 93 valence electrons. The Labute approximate surface area is 103 Å². The molecular weight excluding hydrogens is 192 g/mol. The molecule has 0 bridgehead atoms. The van der Waals surface area contributed by atoms with Crippen LogP contribution >= 0.6 is 0 Å². The Morgan fingerprint density at radius 2 is 1.69 bits per heavy atom. The van der Waals surface area contributed by atoms with Gasteiger partial charge in [0.15, 0.2) is 0 Å². The van der Waals surface area contributed by atoms with E-state index >= 15 is 0 Å². The molecule has 0 aliphatic rings. The van der Waals surface area contributed by atoms with Crippen LogP contribution in [0, 0.1) is 18.4 Å². The quantitative estimate of drug-likeness (QED) is 0.447. The molecule has 0 heteroatoms. The highest BCUT2D eigenvalue weighted by Gasteiger charge is 2.03. The molecule has 0 rings (SSSR count). The van der Waals surface area contributed by atoms with E-state index in [9.17, 15) is 0 Å². The van der Waals surface area contributed by atoms with Crippen LogP contribution in [0.4, 0.5) is 0 Å². The molecular formula is C16H29. The summed E-state index contributed by atoms with van der Waals surface area (Å²) in [7, 11) is 0. The summed E-state index contributed by atoms with van der Waals surface area (Å²) in [5, 5.41) is 0. The lowest BCUT2D eigenvalue weighted by atomic mass is 9.94. The van der Waals surface area contributed by atoms with E-state index < -0.39 is 0 Å². The summed E-state index contributed by atoms with van der Waals surface area (Å²) in [6, 6.07) is 0. The van der Waals surface area contributed by atoms with Crippen molar-refractivity contribution < 1.29 is 0 Å². The first-order valence-electron chi connectivity index (χ1n) is 6.77. The van der Waals surface area contributed by atoms with Gasteiger partial charge in [0.25, 0.3) is 0 Å². The van der Waals surface area contributed by atoms with E-state index in [-0.39, 0.29) is 0 Å². The Bertz CT molecular complexity index is 198. The van der Waals surface area contributed by atoms with Crippen LogP contribution in [-0.2, 0) is 0 Å². The minimum Gasteiger partial charge on any atom is -0.0733 e. The van der Waals surface area contributed by atoms with Gasteiger partial charge in [-0.2, -0.15) is 0 Å². The minimum atomic E-state index is 0.859. The largest absolute Gasteiger partial charge is 0.0733 e. The van der Waals surface area contributed by atoms with Crippen LogP contribution in [0.25, 0.3) is 0 Å². The third kappa shape index (κ3) is 10.0. The van der Waals surface area contributed by atoms with Crippen molar-refractivity contribution in [2.24, 2.45) is 11.8 Å². The van der Waals surface area contributed by atoms with Crippen LogP contribution in [0.2, 0.25) is 0 Å². The Kier molecular flexibility index (Phi) is 9.37. The van der Waals surface area contributed by atoms with Gasteiger partial charge in [0.1, 0.15) is 0 Å². The maximum absolute atomic E-state index is 5.35. The molecule has 0 fully saturated rings. The Balaban J connectivity index is 3.46. The topological polar surface area (TPSA) is 0 Å². The summed E-state index contributed by atoms with van der Waals surface area (Å²) in [5.74, 6) is 1.74. The van der Waals surface area contributed by atoms with Gasteiger partial charge in [-0.3, -0.25) is 0 Å². The van der Waals surface area contributed by atoms with Crippen molar-refractivity contribution in [3.05, 3.63) is 24.3 Å². The second-order valence-corrected chi connectivity index (χ2v) is 5.53. The predicted molar refractivity (Wildman–Crippen MR) is 74.3 cm³/mol. The SMILES string of the molecule is [CH]=CC=C(C)CCCC(C)CCCC(C)C. The van der Waals surface area contributed by atoms with Crippen molar-refractivity contribution >= 4 is 0 Å². The highest BCUT2D eigenvalue weighted by Crippen LogP contribution is 2.18. The van der Waals surface area contributed by atoms with Crippen LogP contribution in [0.3, 0.4) is 0 Å². The molecule has 0 aromatic carbocycles. The van der Waals surface area contributed by atoms with E-state index in [1.165, 1.54) is 44.1 Å². The van der Waals surface area contributed by atoms with Crippen LogP contribution in [0.5, 0.6) is 0 Å². The lowest BCUT2D eigenvalue weighted by Gasteiger charge is -2.12. The number of hydrogen-bond acceptors (Lipinski definition) is 0. The van der Waals surface area contributed by atoms with Crippen molar-refractivity contribution in [2.45, 2.75) is 66.2 Å². The zero-order valence-electron chi connectivity index (χ0n) is 11.6. The fraction of sp³-hybridized carbons (Fsp3) is 0.750. The van der Waals surface area contributed by atoms with Gasteiger partial charge in [-0.1, -0.05) is 70.8 Å². The predicted octanol–water partition coefficient (Wildman–Crippen LogP) is 5.55. The van der Waals surface area contributed by atoms with Crippen LogP contribution in [-0.4, -0.2) is 0 Å². The summed E-state index contributed by atoms with van der Waals surface area (Å²) in [5.41, 5.74) is 1.40. The molecule has 0 N–H and O–H groups in total. The van der Waals surface area contributed by atoms with E-state index in [0.717, 1.165) is 11.8 Å². The Morgan fingerprint density at radius 3 is 2.25 bits per heavy atom. The standard InChI is InChI=1S/C16H29/c1-6-9-15(4)12-8-13-16(5)11-7-10-14(2)3/h1,6,9,14,16H,7-8,10-13H2,2-5H3. The number of rotatable bonds is 9. The molecule has 1 atom stereocenters. The summed E-state index contributed by atoms with van der Waals surface area (Å²) in [6.07, 6.45) is 11.7. The summed E-state index contributed by atoms with van der Waals surface area (Å²) >= 11 is 0. The summed E-state index contributed by atoms with van der Waals surface area (Å²) in [6.45, 7) is 14.5. The van der Waals surface area contributed by atoms with Crippen molar-refractivity contribution in [3.63, 3.8) is 0 Å². The van der Waals surface area contributed by atoms with Gasteiger partial charge in [-0.15, -0.1) is 0 Å². The fourth-order valence-electron chi connectivity index (χ4n) is 2.00. The number of hydrogen-bond donors (Lipinski definition) is 0. The molecule has 0 spiro atoms. The van der Waals surface area contributed by atoms with E-state index in [1.54, 1.807) is 6.08 Å². The van der Waals surface area contributed by atoms with Crippen LogP contribution in [0.1, 0.15) is 66.2 Å². The van der Waals surface area contributed by atoms with Gasteiger partial charge in [-0.25, -0.2) is 0 Å². The molecule has 0 aromatic rings. The average Bonchev–Trinajstić information content (AvgIpc) is 2.17. The lowest BCUT2D eigenvalue weighted by molar-refractivity contribution is 0.427. The van der Waals surface area contributed by atoms with Gasteiger partial charge in [-0.05, 0) is 31.6 Å². The maximum Gasteiger partial charge on any atom is -0.0320 e. The maximum atomic E-state index is 5.35. The van der Waals surface area contributed by atoms with E-state index in [1.807, 2.05) is 6.08 Å². The molecule has 0 saturated heterocycles. The van der Waals surface area contributed by atoms with Crippen molar-refractivity contribution in [2.75, 3.05) is 0 Å². The summed E-state index contributed by atoms with van der Waals surface area (Å²) in [4.78, 5) is 0. The molecule has 0 heterocycles. The normalized spacial score (nSPS) is 14.2.